The lowest BCUT2D eigenvalue weighted by Crippen LogP contribution is -2.16. The molecule has 1 heterocycles. The van der Waals surface area contributed by atoms with Gasteiger partial charge in [0.15, 0.2) is 10.9 Å². The molecule has 4 nitrogen and oxygen atoms in total. The average Bonchev–Trinajstić information content (AvgIpc) is 3.41. The molecule has 0 radical (unpaired) electrons. The van der Waals surface area contributed by atoms with E-state index in [-0.39, 0.29) is 7.21 Å². The molecule has 3 aromatic carbocycles. The first-order chi connectivity index (χ1) is 17.9. The fourth-order valence-electron chi connectivity index (χ4n) is 4.69. The van der Waals surface area contributed by atoms with Gasteiger partial charge in [0, 0.05) is 37.2 Å². The molecule has 5 rings (SSSR count). The highest BCUT2D eigenvalue weighted by atomic mass is 32.1. The second-order valence-corrected chi connectivity index (χ2v) is 10.8. The number of benzene rings is 3. The number of anilines is 2. The third-order valence-corrected chi connectivity index (χ3v) is 7.91. The average molecular weight is 514 g/mol. The number of hydrogen-bond donors (Lipinski definition) is 1. The summed E-state index contributed by atoms with van der Waals surface area (Å²) in [6, 6.07) is 24.5. The number of thiazole rings is 1. The summed E-state index contributed by atoms with van der Waals surface area (Å²) in [4.78, 5) is 18.1. The van der Waals surface area contributed by atoms with Crippen LogP contribution >= 0.6 is 11.3 Å². The minimum atomic E-state index is 0. The zero-order chi connectivity index (χ0) is 26.2. The number of ketones is 1. The number of nitrogen functional groups attached to an aromatic ring is 1. The predicted octanol–water partition coefficient (Wildman–Crippen LogP) is 8.52. The van der Waals surface area contributed by atoms with Crippen LogP contribution in [0.2, 0.25) is 0 Å². The van der Waals surface area contributed by atoms with Crippen LogP contribution in [0, 0.1) is 6.92 Å². The van der Waals surface area contributed by atoms with Crippen molar-refractivity contribution in [3.63, 3.8) is 0 Å². The quantitative estimate of drug-likeness (QED) is 0.207. The van der Waals surface area contributed by atoms with Crippen LogP contribution in [0.4, 0.5) is 10.8 Å². The first kappa shape index (κ1) is 26.6. The lowest BCUT2D eigenvalue weighted by molar-refractivity contribution is 0.101. The fraction of sp³-hybridized carbons (Fsp3) is 0.312. The molecule has 0 saturated heterocycles. The number of nitrogens with zero attached hydrogens (tertiary/aromatic N) is 2. The maximum Gasteiger partial charge on any atom is 0.185 e. The molecule has 194 valence electrons. The van der Waals surface area contributed by atoms with Gasteiger partial charge in [-0.05, 0) is 55.9 Å². The summed E-state index contributed by atoms with van der Waals surface area (Å²) in [5, 5.41) is 3.01. The summed E-state index contributed by atoms with van der Waals surface area (Å²) < 4.78 is 0. The number of hydrogen-bond acceptors (Lipinski definition) is 5. The number of rotatable bonds is 6. The minimum absolute atomic E-state index is 0. The summed E-state index contributed by atoms with van der Waals surface area (Å²) in [6.45, 7) is 4.48. The molecule has 2 N–H and O–H groups in total. The highest BCUT2D eigenvalue weighted by Crippen LogP contribution is 2.32. The molecular formula is C32H39N3OS. The third-order valence-electron chi connectivity index (χ3n) is 6.96. The molecule has 1 aromatic heterocycles. The first-order valence-electron chi connectivity index (χ1n) is 13.1. The van der Waals surface area contributed by atoms with Crippen LogP contribution in [-0.2, 0) is 6.54 Å². The third kappa shape index (κ3) is 7.53. The molecular weight excluding hydrogens is 474 g/mol. The molecule has 37 heavy (non-hydrogen) atoms. The van der Waals surface area contributed by atoms with Gasteiger partial charge < -0.3 is 10.6 Å². The van der Waals surface area contributed by atoms with Crippen molar-refractivity contribution in [1.82, 2.24) is 4.98 Å². The molecule has 0 amide bonds. The maximum absolute atomic E-state index is 11.3. The van der Waals surface area contributed by atoms with E-state index in [0.29, 0.717) is 0 Å². The van der Waals surface area contributed by atoms with Gasteiger partial charge in [-0.3, -0.25) is 4.79 Å². The normalized spacial score (nSPS) is 13.5. The molecule has 0 aliphatic heterocycles. The SMILES string of the molecule is CC(=O)c1ccc(CN(C)c2nc(-c3ccc(N)cc3)cs2)cc1.Cc1ccc(C2CCCCC2)cc1.[HH]. The summed E-state index contributed by atoms with van der Waals surface area (Å²) >= 11 is 1.61. The number of Topliss-reactive ketones (excluding diaryl/α,β-unsaturated/α-hetero) is 1. The van der Waals surface area contributed by atoms with E-state index in [9.17, 15) is 4.79 Å². The van der Waals surface area contributed by atoms with Gasteiger partial charge in [-0.25, -0.2) is 4.98 Å². The smallest absolute Gasteiger partial charge is 0.185 e. The van der Waals surface area contributed by atoms with Crippen LogP contribution in [0.1, 0.15) is 73.4 Å². The second kappa shape index (κ2) is 12.7. The topological polar surface area (TPSA) is 59.2 Å². The molecule has 0 unspecified atom stereocenters. The molecule has 0 atom stereocenters. The molecule has 1 saturated carbocycles. The molecule has 4 aromatic rings. The molecule has 1 aliphatic carbocycles. The first-order valence-corrected chi connectivity index (χ1v) is 14.0. The van der Waals surface area contributed by atoms with E-state index in [4.69, 9.17) is 10.7 Å². The number of aryl methyl sites for hydroxylation is 1. The van der Waals surface area contributed by atoms with Gasteiger partial charge in [-0.15, -0.1) is 11.3 Å². The summed E-state index contributed by atoms with van der Waals surface area (Å²) in [5.41, 5.74) is 13.3. The molecule has 0 spiro atoms. The van der Waals surface area contributed by atoms with Crippen LogP contribution in [-0.4, -0.2) is 17.8 Å². The Morgan fingerprint density at radius 3 is 2.24 bits per heavy atom. The fourth-order valence-corrected chi connectivity index (χ4v) is 5.49. The van der Waals surface area contributed by atoms with Gasteiger partial charge in [0.2, 0.25) is 0 Å². The summed E-state index contributed by atoms with van der Waals surface area (Å²) in [7, 11) is 2.02. The zero-order valence-electron chi connectivity index (χ0n) is 22.1. The molecule has 1 aliphatic rings. The van der Waals surface area contributed by atoms with E-state index in [0.717, 1.165) is 45.7 Å². The highest BCUT2D eigenvalue weighted by Gasteiger charge is 2.14. The summed E-state index contributed by atoms with van der Waals surface area (Å²) in [5.74, 6) is 0.942. The lowest BCUT2D eigenvalue weighted by atomic mass is 9.84. The Hall–Kier alpha value is -3.44. The van der Waals surface area contributed by atoms with Crippen molar-refractivity contribution in [3.05, 3.63) is 100 Å². The van der Waals surface area contributed by atoms with Gasteiger partial charge in [-0.2, -0.15) is 0 Å². The van der Waals surface area contributed by atoms with E-state index in [2.05, 4.69) is 41.5 Å². The van der Waals surface area contributed by atoms with Gasteiger partial charge in [0.05, 0.1) is 5.69 Å². The Morgan fingerprint density at radius 2 is 1.62 bits per heavy atom. The van der Waals surface area contributed by atoms with E-state index < -0.39 is 0 Å². The van der Waals surface area contributed by atoms with Crippen molar-refractivity contribution < 1.29 is 6.22 Å². The Balaban J connectivity index is 0.000000242. The molecule has 0 bridgehead atoms. The van der Waals surface area contributed by atoms with Gasteiger partial charge in [0.25, 0.3) is 0 Å². The highest BCUT2D eigenvalue weighted by molar-refractivity contribution is 7.14. The van der Waals surface area contributed by atoms with E-state index in [1.165, 1.54) is 37.7 Å². The zero-order valence-corrected chi connectivity index (χ0v) is 22.9. The maximum atomic E-state index is 11.3. The monoisotopic (exact) mass is 513 g/mol. The van der Waals surface area contributed by atoms with E-state index in [1.54, 1.807) is 23.8 Å². The van der Waals surface area contributed by atoms with Crippen LogP contribution < -0.4 is 10.6 Å². The Bertz CT molecular complexity index is 1280. The van der Waals surface area contributed by atoms with Crippen molar-refractivity contribution in [2.45, 2.75) is 58.4 Å². The van der Waals surface area contributed by atoms with Crippen molar-refractivity contribution in [1.29, 1.82) is 0 Å². The Labute approximate surface area is 226 Å². The largest absolute Gasteiger partial charge is 0.399 e. The standard InChI is InChI=1S/C19H19N3OS.C13H18.H2/c1-13(23)15-5-3-14(4-6-15)11-22(2)19-21-18(12-24-19)16-7-9-17(20)10-8-16;1-11-7-9-13(10-8-11)12-5-3-2-4-6-12;/h3-10,12H,11,20H2,1-2H3;7-10,12H,2-6H2,1H3;1H. The predicted molar refractivity (Wildman–Crippen MR) is 160 cm³/mol. The second-order valence-electron chi connectivity index (χ2n) is 9.99. The Kier molecular flexibility index (Phi) is 9.13. The van der Waals surface area contributed by atoms with Crippen molar-refractivity contribution >= 4 is 27.9 Å². The van der Waals surface area contributed by atoms with Crippen molar-refractivity contribution in [2.75, 3.05) is 17.7 Å². The lowest BCUT2D eigenvalue weighted by Gasteiger charge is -2.21. The van der Waals surface area contributed by atoms with Crippen LogP contribution in [0.25, 0.3) is 11.3 Å². The number of aromatic nitrogens is 1. The van der Waals surface area contributed by atoms with Gasteiger partial charge >= 0.3 is 0 Å². The number of carbonyl (C=O) groups excluding carboxylic acids is 1. The van der Waals surface area contributed by atoms with E-state index >= 15 is 0 Å². The van der Waals surface area contributed by atoms with Gasteiger partial charge in [0.1, 0.15) is 0 Å². The van der Waals surface area contributed by atoms with Crippen LogP contribution in [0.15, 0.2) is 78.2 Å². The summed E-state index contributed by atoms with van der Waals surface area (Å²) in [6.07, 6.45) is 7.12. The Morgan fingerprint density at radius 1 is 0.973 bits per heavy atom. The van der Waals surface area contributed by atoms with Crippen molar-refractivity contribution in [3.8, 4) is 11.3 Å². The van der Waals surface area contributed by atoms with Gasteiger partial charge in [-0.1, -0.05) is 85.5 Å². The van der Waals surface area contributed by atoms with Crippen LogP contribution in [0.3, 0.4) is 0 Å². The molecule has 1 fully saturated rings. The van der Waals surface area contributed by atoms with Crippen LogP contribution in [0.5, 0.6) is 0 Å². The minimum Gasteiger partial charge on any atom is -0.399 e. The molecule has 5 heteroatoms. The number of carbonyl (C=O) groups is 1. The van der Waals surface area contributed by atoms with Crippen molar-refractivity contribution in [2.24, 2.45) is 0 Å². The number of nitrogens with two attached hydrogens (primary N) is 1. The van der Waals surface area contributed by atoms with E-state index in [1.807, 2.05) is 55.6 Å².